The zero-order valence-electron chi connectivity index (χ0n) is 20.0. The van der Waals surface area contributed by atoms with Gasteiger partial charge in [-0.05, 0) is 60.2 Å². The van der Waals surface area contributed by atoms with E-state index in [1.807, 2.05) is 0 Å². The van der Waals surface area contributed by atoms with Crippen LogP contribution in [0.15, 0.2) is 84.9 Å². The Morgan fingerprint density at radius 1 is 0.737 bits per heavy atom. The lowest BCUT2D eigenvalue weighted by Crippen LogP contribution is -2.61. The molecule has 6 rings (SSSR count). The van der Waals surface area contributed by atoms with Gasteiger partial charge in [0.05, 0.1) is 12.1 Å². The molecular formula is C30H19Cl2NO5. The smallest absolute Gasteiger partial charge is 0.271 e. The van der Waals surface area contributed by atoms with Crippen LogP contribution in [0.4, 0.5) is 5.69 Å². The molecule has 188 valence electrons. The predicted molar refractivity (Wildman–Crippen MR) is 144 cm³/mol. The Balaban J connectivity index is 1.42. The van der Waals surface area contributed by atoms with Gasteiger partial charge in [-0.15, -0.1) is 0 Å². The van der Waals surface area contributed by atoms with Crippen molar-refractivity contribution >= 4 is 46.4 Å². The normalized spacial score (nSPS) is 18.0. The van der Waals surface area contributed by atoms with Crippen LogP contribution in [-0.2, 0) is 4.79 Å². The monoisotopic (exact) mass is 543 g/mol. The number of amides is 1. The van der Waals surface area contributed by atoms with Gasteiger partial charge in [-0.1, -0.05) is 53.5 Å². The average molecular weight is 544 g/mol. The number of rotatable bonds is 5. The van der Waals surface area contributed by atoms with E-state index in [9.17, 15) is 14.4 Å². The van der Waals surface area contributed by atoms with E-state index in [0.717, 1.165) is 0 Å². The molecule has 0 saturated carbocycles. The standard InChI is InChI=1S/C30H19Cl2NO5/c1-37-19-10-8-18(9-11-19)33-26(29(30(33)36)38-25-13-7-17(31)15-24(25)32)16-6-12-22-23(14-16)28(35)21-5-3-2-4-20(21)27(22)34/h2-15,26,29H,1H3. The van der Waals surface area contributed by atoms with E-state index in [4.69, 9.17) is 32.7 Å². The summed E-state index contributed by atoms with van der Waals surface area (Å²) in [4.78, 5) is 41.5. The number of nitrogens with zero attached hydrogens (tertiary/aromatic N) is 1. The van der Waals surface area contributed by atoms with Crippen molar-refractivity contribution in [3.63, 3.8) is 0 Å². The zero-order valence-corrected chi connectivity index (χ0v) is 21.5. The van der Waals surface area contributed by atoms with Crippen LogP contribution in [0.2, 0.25) is 10.0 Å². The molecule has 2 aliphatic rings. The summed E-state index contributed by atoms with van der Waals surface area (Å²) in [7, 11) is 1.57. The number of fused-ring (bicyclic) bond motifs is 2. The summed E-state index contributed by atoms with van der Waals surface area (Å²) >= 11 is 12.4. The third-order valence-electron chi connectivity index (χ3n) is 6.83. The minimum Gasteiger partial charge on any atom is -0.497 e. The van der Waals surface area contributed by atoms with E-state index >= 15 is 0 Å². The number of anilines is 1. The number of halogens is 2. The quantitative estimate of drug-likeness (QED) is 0.243. The van der Waals surface area contributed by atoms with Crippen molar-refractivity contribution < 1.29 is 23.9 Å². The fourth-order valence-corrected chi connectivity index (χ4v) is 5.39. The largest absolute Gasteiger partial charge is 0.497 e. The van der Waals surface area contributed by atoms with Gasteiger partial charge in [0.2, 0.25) is 6.10 Å². The van der Waals surface area contributed by atoms with Gasteiger partial charge in [0.25, 0.3) is 5.91 Å². The first-order valence-corrected chi connectivity index (χ1v) is 12.5. The summed E-state index contributed by atoms with van der Waals surface area (Å²) < 4.78 is 11.4. The minimum absolute atomic E-state index is 0.209. The van der Waals surface area contributed by atoms with E-state index in [1.54, 1.807) is 96.9 Å². The molecule has 6 nitrogen and oxygen atoms in total. The number of hydrogen-bond donors (Lipinski definition) is 0. The third-order valence-corrected chi connectivity index (χ3v) is 7.37. The third kappa shape index (κ3) is 3.85. The molecule has 38 heavy (non-hydrogen) atoms. The Hall–Kier alpha value is -4.13. The molecule has 1 aliphatic heterocycles. The highest BCUT2D eigenvalue weighted by molar-refractivity contribution is 6.35. The Kier molecular flexibility index (Phi) is 5.94. The average Bonchev–Trinajstić information content (AvgIpc) is 2.94. The molecule has 2 unspecified atom stereocenters. The summed E-state index contributed by atoms with van der Waals surface area (Å²) in [6.45, 7) is 0. The number of methoxy groups -OCH3 is 1. The second-order valence-corrected chi connectivity index (χ2v) is 9.82. The maximum Gasteiger partial charge on any atom is 0.271 e. The summed E-state index contributed by atoms with van der Waals surface area (Å²) in [5, 5.41) is 0.714. The first kappa shape index (κ1) is 24.2. The lowest BCUT2D eigenvalue weighted by atomic mass is 9.81. The molecule has 4 aromatic rings. The number of carbonyl (C=O) groups excluding carboxylic acids is 3. The number of benzene rings is 4. The van der Waals surface area contributed by atoms with Gasteiger partial charge in [-0.2, -0.15) is 0 Å². The summed E-state index contributed by atoms with van der Waals surface area (Å²) in [6, 6.07) is 23.1. The fourth-order valence-electron chi connectivity index (χ4n) is 4.94. The van der Waals surface area contributed by atoms with Gasteiger partial charge in [0, 0.05) is 33.0 Å². The van der Waals surface area contributed by atoms with Crippen LogP contribution in [0.1, 0.15) is 43.4 Å². The molecule has 4 aromatic carbocycles. The molecule has 1 amide bonds. The van der Waals surface area contributed by atoms with Crippen molar-refractivity contribution in [1.29, 1.82) is 0 Å². The molecule has 8 heteroatoms. The van der Waals surface area contributed by atoms with Gasteiger partial charge in [0.1, 0.15) is 17.5 Å². The molecule has 0 radical (unpaired) electrons. The Labute approximate surface area is 228 Å². The molecule has 1 heterocycles. The molecule has 2 atom stereocenters. The maximum atomic E-state index is 13.4. The molecule has 0 N–H and O–H groups in total. The summed E-state index contributed by atoms with van der Waals surface area (Å²) in [5.41, 5.74) is 2.65. The van der Waals surface area contributed by atoms with Crippen LogP contribution in [0.25, 0.3) is 0 Å². The topological polar surface area (TPSA) is 72.9 Å². The van der Waals surface area contributed by atoms with Crippen LogP contribution in [0.5, 0.6) is 11.5 Å². The van der Waals surface area contributed by atoms with Crippen molar-refractivity contribution in [3.8, 4) is 11.5 Å². The van der Waals surface area contributed by atoms with E-state index in [0.29, 0.717) is 50.0 Å². The lowest BCUT2D eigenvalue weighted by Gasteiger charge is -2.47. The van der Waals surface area contributed by atoms with Gasteiger partial charge in [0.15, 0.2) is 11.6 Å². The van der Waals surface area contributed by atoms with Crippen molar-refractivity contribution in [2.45, 2.75) is 12.1 Å². The molecular weight excluding hydrogens is 525 g/mol. The Bertz CT molecular complexity index is 1630. The number of ether oxygens (including phenoxy) is 2. The molecule has 1 aliphatic carbocycles. The molecule has 0 spiro atoms. The second-order valence-electron chi connectivity index (χ2n) is 8.97. The predicted octanol–water partition coefficient (Wildman–Crippen LogP) is 6.31. The van der Waals surface area contributed by atoms with E-state index in [2.05, 4.69) is 0 Å². The van der Waals surface area contributed by atoms with Crippen LogP contribution in [0, 0.1) is 0 Å². The number of β-lactam (4-membered cyclic amide) rings is 1. The fraction of sp³-hybridized carbons (Fsp3) is 0.100. The highest BCUT2D eigenvalue weighted by Crippen LogP contribution is 2.44. The van der Waals surface area contributed by atoms with Crippen LogP contribution < -0.4 is 14.4 Å². The van der Waals surface area contributed by atoms with Gasteiger partial charge in [-0.3, -0.25) is 19.3 Å². The first-order valence-electron chi connectivity index (χ1n) is 11.8. The lowest BCUT2D eigenvalue weighted by molar-refractivity contribution is -0.135. The molecule has 1 saturated heterocycles. The van der Waals surface area contributed by atoms with Gasteiger partial charge >= 0.3 is 0 Å². The zero-order chi connectivity index (χ0) is 26.6. The van der Waals surface area contributed by atoms with E-state index in [-0.39, 0.29) is 22.5 Å². The van der Waals surface area contributed by atoms with Crippen LogP contribution in [-0.4, -0.2) is 30.7 Å². The van der Waals surface area contributed by atoms with E-state index < -0.39 is 12.1 Å². The Morgan fingerprint density at radius 2 is 1.39 bits per heavy atom. The molecule has 0 bridgehead atoms. The van der Waals surface area contributed by atoms with Crippen molar-refractivity contribution in [2.75, 3.05) is 12.0 Å². The first-order chi connectivity index (χ1) is 18.4. The molecule has 0 aromatic heterocycles. The number of ketones is 2. The summed E-state index contributed by atoms with van der Waals surface area (Å²) in [6.07, 6.45) is -0.921. The SMILES string of the molecule is COc1ccc(N2C(=O)C(Oc3ccc(Cl)cc3Cl)C2c2ccc3c(c2)C(=O)c2ccccc2C3=O)cc1. The van der Waals surface area contributed by atoms with Crippen LogP contribution in [0.3, 0.4) is 0 Å². The molecule has 1 fully saturated rings. The van der Waals surface area contributed by atoms with E-state index in [1.165, 1.54) is 0 Å². The van der Waals surface area contributed by atoms with Crippen LogP contribution >= 0.6 is 23.2 Å². The van der Waals surface area contributed by atoms with Crippen molar-refractivity contribution in [1.82, 2.24) is 0 Å². The minimum atomic E-state index is -0.921. The Morgan fingerprint density at radius 3 is 2.05 bits per heavy atom. The van der Waals surface area contributed by atoms with Crippen molar-refractivity contribution in [3.05, 3.63) is 123 Å². The van der Waals surface area contributed by atoms with Crippen molar-refractivity contribution in [2.24, 2.45) is 0 Å². The van der Waals surface area contributed by atoms with Gasteiger partial charge in [-0.25, -0.2) is 0 Å². The number of carbonyl (C=O) groups is 3. The van der Waals surface area contributed by atoms with Gasteiger partial charge < -0.3 is 9.47 Å². The number of hydrogen-bond acceptors (Lipinski definition) is 5. The highest BCUT2D eigenvalue weighted by atomic mass is 35.5. The summed E-state index contributed by atoms with van der Waals surface area (Å²) in [5.74, 6) is 0.232. The second kappa shape index (κ2) is 9.31. The maximum absolute atomic E-state index is 13.4. The highest BCUT2D eigenvalue weighted by Gasteiger charge is 2.51.